The number of esters is 1. The van der Waals surface area contributed by atoms with Crippen LogP contribution in [0.15, 0.2) is 42.5 Å². The Hall–Kier alpha value is -2.27. The first-order valence-electron chi connectivity index (χ1n) is 5.89. The fourth-order valence-corrected chi connectivity index (χ4v) is 1.83. The molecule has 3 nitrogen and oxygen atoms in total. The Labute approximate surface area is 124 Å². The third-order valence-corrected chi connectivity index (χ3v) is 2.88. The lowest BCUT2D eigenvalue weighted by atomic mass is 10.1. The van der Waals surface area contributed by atoms with Gasteiger partial charge in [-0.05, 0) is 24.3 Å². The van der Waals surface area contributed by atoms with Crippen LogP contribution in [0.2, 0.25) is 5.02 Å². The molecule has 0 radical (unpaired) electrons. The number of Topliss-reactive ketones (excluding diaryl/α,β-unsaturated/α-hetero) is 1. The summed E-state index contributed by atoms with van der Waals surface area (Å²) in [5.41, 5.74) is -0.583. The number of rotatable bonds is 4. The number of hydrogen-bond acceptors (Lipinski definition) is 3. The first kappa shape index (κ1) is 15.1. The number of hydrogen-bond donors (Lipinski definition) is 0. The Kier molecular flexibility index (Phi) is 4.65. The molecule has 0 N–H and O–H groups in total. The van der Waals surface area contributed by atoms with Crippen LogP contribution in [0.5, 0.6) is 0 Å². The van der Waals surface area contributed by atoms with E-state index in [9.17, 15) is 18.4 Å². The van der Waals surface area contributed by atoms with Crippen LogP contribution in [0.1, 0.15) is 20.7 Å². The van der Waals surface area contributed by atoms with E-state index >= 15 is 0 Å². The lowest BCUT2D eigenvalue weighted by Crippen LogP contribution is -2.16. The molecule has 6 heteroatoms. The van der Waals surface area contributed by atoms with Crippen molar-refractivity contribution in [2.75, 3.05) is 6.61 Å². The van der Waals surface area contributed by atoms with Crippen LogP contribution in [0, 0.1) is 11.6 Å². The highest BCUT2D eigenvalue weighted by atomic mass is 35.5. The van der Waals surface area contributed by atoms with Gasteiger partial charge in [0.05, 0.1) is 0 Å². The molecular formula is C15H9ClF2O3. The summed E-state index contributed by atoms with van der Waals surface area (Å²) in [6.07, 6.45) is 0. The van der Waals surface area contributed by atoms with E-state index in [1.807, 2.05) is 0 Å². The van der Waals surface area contributed by atoms with Crippen LogP contribution < -0.4 is 0 Å². The van der Waals surface area contributed by atoms with Crippen molar-refractivity contribution in [2.24, 2.45) is 0 Å². The highest BCUT2D eigenvalue weighted by Gasteiger charge is 2.19. The van der Waals surface area contributed by atoms with Gasteiger partial charge in [-0.1, -0.05) is 29.8 Å². The maximum atomic E-state index is 13.4. The van der Waals surface area contributed by atoms with Crippen molar-refractivity contribution in [1.82, 2.24) is 0 Å². The Bertz CT molecular complexity index is 681. The van der Waals surface area contributed by atoms with Crippen LogP contribution in [0.4, 0.5) is 8.78 Å². The van der Waals surface area contributed by atoms with Crippen molar-refractivity contribution in [3.8, 4) is 0 Å². The van der Waals surface area contributed by atoms with Crippen LogP contribution in [-0.4, -0.2) is 18.4 Å². The summed E-state index contributed by atoms with van der Waals surface area (Å²) in [6, 6.07) is 9.02. The molecule has 0 saturated carbocycles. The van der Waals surface area contributed by atoms with E-state index in [2.05, 4.69) is 4.74 Å². The van der Waals surface area contributed by atoms with Gasteiger partial charge in [0.2, 0.25) is 0 Å². The zero-order valence-electron chi connectivity index (χ0n) is 10.6. The fraction of sp³-hybridized carbons (Fsp3) is 0.0667. The zero-order chi connectivity index (χ0) is 15.4. The quantitative estimate of drug-likeness (QED) is 0.639. The van der Waals surface area contributed by atoms with Gasteiger partial charge in [-0.15, -0.1) is 0 Å². The van der Waals surface area contributed by atoms with Crippen molar-refractivity contribution in [2.45, 2.75) is 0 Å². The molecule has 2 aromatic carbocycles. The second-order valence-corrected chi connectivity index (χ2v) is 4.54. The van der Waals surface area contributed by atoms with E-state index in [4.69, 9.17) is 11.6 Å². The summed E-state index contributed by atoms with van der Waals surface area (Å²) in [5, 5.41) is 0.354. The molecule has 108 valence electrons. The third kappa shape index (κ3) is 3.64. The van der Waals surface area contributed by atoms with E-state index < -0.39 is 35.6 Å². The molecule has 0 spiro atoms. The molecule has 0 heterocycles. The minimum absolute atomic E-state index is 0.240. The van der Waals surface area contributed by atoms with Crippen LogP contribution in [0.25, 0.3) is 0 Å². The minimum Gasteiger partial charge on any atom is -0.454 e. The summed E-state index contributed by atoms with van der Waals surface area (Å²) in [4.78, 5) is 23.4. The highest BCUT2D eigenvalue weighted by molar-refractivity contribution is 6.31. The van der Waals surface area contributed by atoms with E-state index in [0.717, 1.165) is 18.2 Å². The molecule has 0 amide bonds. The normalized spacial score (nSPS) is 10.2. The van der Waals surface area contributed by atoms with Gasteiger partial charge in [-0.2, -0.15) is 0 Å². The molecule has 0 aliphatic carbocycles. The second kappa shape index (κ2) is 6.45. The first-order valence-corrected chi connectivity index (χ1v) is 6.26. The number of benzene rings is 2. The summed E-state index contributed by atoms with van der Waals surface area (Å²) >= 11 is 5.73. The predicted molar refractivity (Wildman–Crippen MR) is 72.4 cm³/mol. The molecule has 0 saturated heterocycles. The van der Waals surface area contributed by atoms with Gasteiger partial charge >= 0.3 is 5.97 Å². The van der Waals surface area contributed by atoms with Crippen molar-refractivity contribution < 1.29 is 23.1 Å². The van der Waals surface area contributed by atoms with Crippen molar-refractivity contribution in [3.63, 3.8) is 0 Å². The monoisotopic (exact) mass is 310 g/mol. The summed E-state index contributed by atoms with van der Waals surface area (Å²) in [6.45, 7) is -0.632. The number of ether oxygens (including phenoxy) is 1. The van der Waals surface area contributed by atoms with Gasteiger partial charge in [-0.3, -0.25) is 4.79 Å². The van der Waals surface area contributed by atoms with Crippen LogP contribution in [-0.2, 0) is 4.74 Å². The first-order chi connectivity index (χ1) is 9.99. The van der Waals surface area contributed by atoms with E-state index in [0.29, 0.717) is 5.02 Å². The number of halogens is 3. The number of ketones is 1. The molecule has 2 rings (SSSR count). The Morgan fingerprint density at radius 2 is 1.67 bits per heavy atom. The third-order valence-electron chi connectivity index (χ3n) is 2.65. The van der Waals surface area contributed by atoms with Gasteiger partial charge in [-0.25, -0.2) is 13.6 Å². The van der Waals surface area contributed by atoms with Crippen molar-refractivity contribution >= 4 is 23.4 Å². The van der Waals surface area contributed by atoms with Gasteiger partial charge in [0, 0.05) is 10.6 Å². The molecule has 0 aliphatic rings. The Morgan fingerprint density at radius 3 is 2.29 bits per heavy atom. The van der Waals surface area contributed by atoms with E-state index in [1.165, 1.54) is 12.1 Å². The molecule has 0 fully saturated rings. The molecule has 21 heavy (non-hydrogen) atoms. The number of carbonyl (C=O) groups excluding carboxylic acids is 2. The van der Waals surface area contributed by atoms with Crippen LogP contribution in [0.3, 0.4) is 0 Å². The van der Waals surface area contributed by atoms with Crippen LogP contribution >= 0.6 is 11.6 Å². The Balaban J connectivity index is 2.06. The van der Waals surface area contributed by atoms with E-state index in [1.54, 1.807) is 12.1 Å². The average Bonchev–Trinajstić information content (AvgIpc) is 2.44. The highest BCUT2D eigenvalue weighted by Crippen LogP contribution is 2.14. The Morgan fingerprint density at radius 1 is 1.05 bits per heavy atom. The predicted octanol–water partition coefficient (Wildman–Crippen LogP) is 3.66. The molecule has 2 aromatic rings. The smallest absolute Gasteiger partial charge is 0.344 e. The second-order valence-electron chi connectivity index (χ2n) is 4.11. The maximum absolute atomic E-state index is 13.4. The van der Waals surface area contributed by atoms with Gasteiger partial charge in [0.1, 0.15) is 17.2 Å². The summed E-state index contributed by atoms with van der Waals surface area (Å²) in [5.74, 6) is -3.85. The molecular weight excluding hydrogens is 302 g/mol. The standard InChI is InChI=1S/C15H9ClF2O3/c16-10-4-1-3-9(7-10)13(19)8-21-15(20)14-11(17)5-2-6-12(14)18/h1-7H,8H2. The summed E-state index contributed by atoms with van der Waals surface area (Å²) in [7, 11) is 0. The SMILES string of the molecule is O=C(COC(=O)c1c(F)cccc1F)c1cccc(Cl)c1. The number of carbonyl (C=O) groups is 2. The van der Waals surface area contributed by atoms with E-state index in [-0.39, 0.29) is 5.56 Å². The molecule has 0 unspecified atom stereocenters. The summed E-state index contributed by atoms with van der Waals surface area (Å²) < 4.78 is 31.4. The molecule has 0 bridgehead atoms. The average molecular weight is 311 g/mol. The lowest BCUT2D eigenvalue weighted by molar-refractivity contribution is 0.0465. The molecule has 0 atom stereocenters. The van der Waals surface area contributed by atoms with Gasteiger partial charge in [0.25, 0.3) is 0 Å². The largest absolute Gasteiger partial charge is 0.454 e. The van der Waals surface area contributed by atoms with Crippen molar-refractivity contribution in [1.29, 1.82) is 0 Å². The zero-order valence-corrected chi connectivity index (χ0v) is 11.4. The van der Waals surface area contributed by atoms with Crippen molar-refractivity contribution in [3.05, 3.63) is 70.2 Å². The topological polar surface area (TPSA) is 43.4 Å². The lowest BCUT2D eigenvalue weighted by Gasteiger charge is -2.06. The van der Waals surface area contributed by atoms with Gasteiger partial charge in [0.15, 0.2) is 12.4 Å². The molecule has 0 aliphatic heterocycles. The minimum atomic E-state index is -1.24. The fourth-order valence-electron chi connectivity index (χ4n) is 1.64. The van der Waals surface area contributed by atoms with Gasteiger partial charge < -0.3 is 4.74 Å². The molecule has 0 aromatic heterocycles. The maximum Gasteiger partial charge on any atom is 0.344 e.